The molecule has 5 N–H and O–H groups in total. The molecule has 12 heteroatoms. The van der Waals surface area contributed by atoms with Gasteiger partial charge in [0.15, 0.2) is 0 Å². The van der Waals surface area contributed by atoms with Gasteiger partial charge in [-0.1, -0.05) is 18.2 Å². The molecule has 2 aliphatic heterocycles. The molecule has 0 spiro atoms. The zero-order valence-electron chi connectivity index (χ0n) is 22.1. The molecular weight excluding hydrogens is 516 g/mol. The molecule has 0 amide bonds. The smallest absolute Gasteiger partial charge is 0.336 e. The predicted octanol–water partition coefficient (Wildman–Crippen LogP) is -0.442. The molecule has 2 heterocycles. The third-order valence-corrected chi connectivity index (χ3v) is 8.75. The van der Waals surface area contributed by atoms with Crippen LogP contribution < -0.4 is 0 Å². The summed E-state index contributed by atoms with van der Waals surface area (Å²) >= 11 is 0. The van der Waals surface area contributed by atoms with Crippen LogP contribution in [-0.4, -0.2) is 99.1 Å². The van der Waals surface area contributed by atoms with Crippen LogP contribution in [0.25, 0.3) is 0 Å². The van der Waals surface area contributed by atoms with Gasteiger partial charge in [-0.2, -0.15) is 0 Å². The number of hydrogen-bond acceptors (Lipinski definition) is 12. The number of rotatable bonds is 6. The van der Waals surface area contributed by atoms with Gasteiger partial charge in [0.1, 0.15) is 35.4 Å². The number of aliphatic hydroxyl groups excluding tert-OH is 4. The van der Waals surface area contributed by atoms with E-state index in [4.69, 9.17) is 18.9 Å². The van der Waals surface area contributed by atoms with E-state index in [2.05, 4.69) is 0 Å². The highest BCUT2D eigenvalue weighted by Crippen LogP contribution is 2.63. The number of hydrogen-bond donors (Lipinski definition) is 5. The summed E-state index contributed by atoms with van der Waals surface area (Å²) < 4.78 is 21.0. The van der Waals surface area contributed by atoms with E-state index in [0.29, 0.717) is 18.4 Å². The SMILES string of the molecule is COC(=O)C1=CC[C@@]23CC[C@@H]([C@@](C)(/C=C/C=C(\C)C(=O)O[C@@H]4O[C@H](CO)[C@@H](O)[C@H](O)[C@H]4O)OC2=O)[C@@]3(O)CC1. The fourth-order valence-corrected chi connectivity index (χ4v) is 6.37. The summed E-state index contributed by atoms with van der Waals surface area (Å²) in [5.41, 5.74) is -3.26. The molecule has 0 aromatic rings. The van der Waals surface area contributed by atoms with Gasteiger partial charge in [-0.05, 0) is 52.0 Å². The Morgan fingerprint density at radius 3 is 2.56 bits per heavy atom. The molecule has 0 aromatic heterocycles. The first kappa shape index (κ1) is 29.4. The minimum Gasteiger partial charge on any atom is -0.466 e. The summed E-state index contributed by atoms with van der Waals surface area (Å²) in [4.78, 5) is 38.0. The van der Waals surface area contributed by atoms with Gasteiger partial charge in [-0.15, -0.1) is 0 Å². The Hall–Kier alpha value is -2.61. The lowest BCUT2D eigenvalue weighted by Gasteiger charge is -2.52. The van der Waals surface area contributed by atoms with Crippen molar-refractivity contribution < 1.29 is 58.9 Å². The van der Waals surface area contributed by atoms with Gasteiger partial charge >= 0.3 is 17.9 Å². The number of allylic oxidation sites excluding steroid dienone is 3. The summed E-state index contributed by atoms with van der Waals surface area (Å²) in [5, 5.41) is 51.1. The summed E-state index contributed by atoms with van der Waals surface area (Å²) in [7, 11) is 1.28. The fraction of sp³-hybridized carbons (Fsp3) is 0.667. The quantitative estimate of drug-likeness (QED) is 0.124. The van der Waals surface area contributed by atoms with E-state index < -0.39 is 77.8 Å². The summed E-state index contributed by atoms with van der Waals surface area (Å²) in [5.74, 6) is -2.38. The predicted molar refractivity (Wildman–Crippen MR) is 131 cm³/mol. The highest BCUT2D eigenvalue weighted by molar-refractivity contribution is 5.89. The van der Waals surface area contributed by atoms with Gasteiger partial charge in [0.05, 0.1) is 19.3 Å². The van der Waals surface area contributed by atoms with E-state index in [1.54, 1.807) is 19.1 Å². The van der Waals surface area contributed by atoms with Gasteiger partial charge in [0.25, 0.3) is 0 Å². The Balaban J connectivity index is 1.48. The second-order valence-electron chi connectivity index (χ2n) is 10.9. The average Bonchev–Trinajstić information content (AvgIpc) is 3.03. The van der Waals surface area contributed by atoms with E-state index in [0.717, 1.165) is 0 Å². The number of carbonyl (C=O) groups excluding carboxylic acids is 3. The average molecular weight is 553 g/mol. The van der Waals surface area contributed by atoms with Crippen molar-refractivity contribution in [2.75, 3.05) is 13.7 Å². The van der Waals surface area contributed by atoms with Crippen LogP contribution in [0.1, 0.15) is 46.0 Å². The minimum atomic E-state index is -1.73. The van der Waals surface area contributed by atoms with Crippen molar-refractivity contribution in [2.24, 2.45) is 11.3 Å². The van der Waals surface area contributed by atoms with Gasteiger partial charge < -0.3 is 44.5 Å². The van der Waals surface area contributed by atoms with Crippen LogP contribution >= 0.6 is 0 Å². The van der Waals surface area contributed by atoms with Crippen molar-refractivity contribution in [1.29, 1.82) is 0 Å². The number of esters is 3. The van der Waals surface area contributed by atoms with Crippen LogP contribution in [0.15, 0.2) is 35.5 Å². The molecule has 2 saturated heterocycles. The van der Waals surface area contributed by atoms with E-state index in [-0.39, 0.29) is 24.8 Å². The topological polar surface area (TPSA) is 189 Å². The number of cyclic esters (lactones) is 1. The largest absolute Gasteiger partial charge is 0.466 e. The number of methoxy groups -OCH3 is 1. The maximum absolute atomic E-state index is 13.3. The zero-order chi connectivity index (χ0) is 28.8. The Morgan fingerprint density at radius 2 is 1.90 bits per heavy atom. The van der Waals surface area contributed by atoms with Crippen molar-refractivity contribution in [2.45, 2.75) is 87.9 Å². The molecular formula is C27H36O12. The van der Waals surface area contributed by atoms with Crippen molar-refractivity contribution in [3.8, 4) is 0 Å². The first-order valence-corrected chi connectivity index (χ1v) is 12.9. The molecule has 4 aliphatic rings. The molecule has 1 saturated carbocycles. The van der Waals surface area contributed by atoms with E-state index in [1.165, 1.54) is 26.2 Å². The van der Waals surface area contributed by atoms with Gasteiger partial charge in [0, 0.05) is 17.1 Å². The standard InChI is InChI=1S/C27H36O12/c1-14(21(32)38-23-20(31)19(30)18(29)16(13-28)37-23)5-4-9-25(2)17-8-11-26(24(34)39-25)10-6-15(22(33)36-3)7-12-27(17,26)35/h4-6,9,16-20,23,28-31,35H,7-8,10-13H2,1-3H3/b9-4+,14-5+/t16-,17+,18-,19+,20-,23+,25-,26-,27+/m1/s1. The van der Waals surface area contributed by atoms with Crippen molar-refractivity contribution in [3.05, 3.63) is 35.5 Å². The Labute approximate surface area is 225 Å². The third-order valence-electron chi connectivity index (χ3n) is 8.75. The Kier molecular flexibility index (Phi) is 8.10. The number of aliphatic hydroxyl groups is 5. The Morgan fingerprint density at radius 1 is 1.18 bits per heavy atom. The molecule has 0 radical (unpaired) electrons. The van der Waals surface area contributed by atoms with E-state index in [1.807, 2.05) is 0 Å². The number of ether oxygens (including phenoxy) is 4. The summed E-state index contributed by atoms with van der Waals surface area (Å²) in [6.45, 7) is 2.46. The second kappa shape index (κ2) is 10.8. The third kappa shape index (κ3) is 4.83. The van der Waals surface area contributed by atoms with Crippen LogP contribution in [0.4, 0.5) is 0 Å². The van der Waals surface area contributed by atoms with Gasteiger partial charge in [-0.3, -0.25) is 4.79 Å². The van der Waals surface area contributed by atoms with Crippen molar-refractivity contribution >= 4 is 17.9 Å². The van der Waals surface area contributed by atoms with Crippen molar-refractivity contribution in [1.82, 2.24) is 0 Å². The second-order valence-corrected chi connectivity index (χ2v) is 10.9. The lowest BCUT2D eigenvalue weighted by atomic mass is 9.62. The molecule has 2 aliphatic carbocycles. The fourth-order valence-electron chi connectivity index (χ4n) is 6.37. The maximum atomic E-state index is 13.3. The normalized spacial score (nSPS) is 42.3. The lowest BCUT2D eigenvalue weighted by Crippen LogP contribution is -2.63. The summed E-state index contributed by atoms with van der Waals surface area (Å²) in [6, 6.07) is 0. The molecule has 2 bridgehead atoms. The monoisotopic (exact) mass is 552 g/mol. The highest BCUT2D eigenvalue weighted by atomic mass is 16.7. The van der Waals surface area contributed by atoms with Crippen LogP contribution in [0.2, 0.25) is 0 Å². The van der Waals surface area contributed by atoms with E-state index in [9.17, 15) is 39.9 Å². The van der Waals surface area contributed by atoms with E-state index >= 15 is 0 Å². The molecule has 0 aromatic carbocycles. The van der Waals surface area contributed by atoms with Crippen LogP contribution in [0.5, 0.6) is 0 Å². The Bertz CT molecular complexity index is 1090. The van der Waals surface area contributed by atoms with Crippen LogP contribution in [0.3, 0.4) is 0 Å². The zero-order valence-corrected chi connectivity index (χ0v) is 22.1. The summed E-state index contributed by atoms with van der Waals surface area (Å²) in [6.07, 6.45) is -0.134. The van der Waals surface area contributed by atoms with Crippen molar-refractivity contribution in [3.63, 3.8) is 0 Å². The van der Waals surface area contributed by atoms with Gasteiger partial charge in [0.2, 0.25) is 6.29 Å². The lowest BCUT2D eigenvalue weighted by molar-refractivity contribution is -0.291. The van der Waals surface area contributed by atoms with Crippen LogP contribution in [-0.2, 0) is 33.3 Å². The molecule has 12 nitrogen and oxygen atoms in total. The molecule has 9 atom stereocenters. The van der Waals surface area contributed by atoms with Gasteiger partial charge in [-0.25, -0.2) is 9.59 Å². The minimum absolute atomic E-state index is 0.0785. The first-order chi connectivity index (χ1) is 18.3. The van der Waals surface area contributed by atoms with Crippen LogP contribution in [0, 0.1) is 11.3 Å². The highest BCUT2D eigenvalue weighted by Gasteiger charge is 2.72. The molecule has 0 unspecified atom stereocenters. The molecule has 3 fully saturated rings. The molecule has 216 valence electrons. The first-order valence-electron chi connectivity index (χ1n) is 12.9. The molecule has 4 rings (SSSR count). The number of carbonyl (C=O) groups is 3. The maximum Gasteiger partial charge on any atom is 0.336 e. The molecule has 39 heavy (non-hydrogen) atoms.